The second-order valence-electron chi connectivity index (χ2n) is 7.87. The predicted octanol–water partition coefficient (Wildman–Crippen LogP) is 5.70. The lowest BCUT2D eigenvalue weighted by atomic mass is 10.1. The molecule has 7 heteroatoms. The molecule has 31 heavy (non-hydrogen) atoms. The third-order valence-corrected chi connectivity index (χ3v) is 7.25. The zero-order valence-corrected chi connectivity index (χ0v) is 20.0. The van der Waals surface area contributed by atoms with Gasteiger partial charge >= 0.3 is 0 Å². The monoisotopic (exact) mass is 478 g/mol. The summed E-state index contributed by atoms with van der Waals surface area (Å²) >= 11 is 13.9. The van der Waals surface area contributed by atoms with Gasteiger partial charge < -0.3 is 10.2 Å². The van der Waals surface area contributed by atoms with Crippen LogP contribution in [0.15, 0.2) is 48.5 Å². The highest BCUT2D eigenvalue weighted by Gasteiger charge is 2.28. The molecule has 0 saturated heterocycles. The molecule has 0 heterocycles. The van der Waals surface area contributed by atoms with Crippen molar-refractivity contribution in [2.24, 2.45) is 0 Å². The molecule has 4 nitrogen and oxygen atoms in total. The van der Waals surface area contributed by atoms with Crippen LogP contribution in [0.1, 0.15) is 43.7 Å². The van der Waals surface area contributed by atoms with Crippen molar-refractivity contribution in [1.29, 1.82) is 0 Å². The Morgan fingerprint density at radius 2 is 1.71 bits per heavy atom. The van der Waals surface area contributed by atoms with Crippen LogP contribution in [-0.2, 0) is 21.9 Å². The molecule has 3 rings (SSSR count). The first-order valence-corrected chi connectivity index (χ1v) is 12.5. The minimum Gasteiger partial charge on any atom is -0.352 e. The van der Waals surface area contributed by atoms with Crippen molar-refractivity contribution in [2.45, 2.75) is 57.0 Å². The van der Waals surface area contributed by atoms with Gasteiger partial charge in [0, 0.05) is 28.4 Å². The number of thioether (sulfide) groups is 1. The van der Waals surface area contributed by atoms with E-state index in [9.17, 15) is 9.59 Å². The standard InChI is InChI=1S/C24H28Cl2N2O2S/c1-17(24(30)27-19-10-5-6-11-19)28(14-18-8-3-2-4-9-18)23(29)16-31-15-20-21(25)12-7-13-22(20)26/h2-4,7-9,12-13,17,19H,5-6,10-11,14-16H2,1H3,(H,27,30)/t17-/m0/s1. The van der Waals surface area contributed by atoms with Crippen LogP contribution in [0.4, 0.5) is 0 Å². The molecule has 0 aromatic heterocycles. The summed E-state index contributed by atoms with van der Waals surface area (Å²) in [6.07, 6.45) is 4.32. The maximum Gasteiger partial charge on any atom is 0.242 e. The second-order valence-corrected chi connectivity index (χ2v) is 9.67. The van der Waals surface area contributed by atoms with Crippen LogP contribution in [0, 0.1) is 0 Å². The molecule has 0 unspecified atom stereocenters. The van der Waals surface area contributed by atoms with Gasteiger partial charge in [0.25, 0.3) is 0 Å². The number of nitrogens with zero attached hydrogens (tertiary/aromatic N) is 1. The van der Waals surface area contributed by atoms with Crippen molar-refractivity contribution in [3.8, 4) is 0 Å². The number of halogens is 2. The fraction of sp³-hybridized carbons (Fsp3) is 0.417. The van der Waals surface area contributed by atoms with E-state index in [1.165, 1.54) is 11.8 Å². The lowest BCUT2D eigenvalue weighted by Gasteiger charge is -2.29. The number of benzene rings is 2. The predicted molar refractivity (Wildman–Crippen MR) is 129 cm³/mol. The molecule has 0 aliphatic heterocycles. The molecule has 166 valence electrons. The molecule has 1 N–H and O–H groups in total. The lowest BCUT2D eigenvalue weighted by molar-refractivity contribution is -0.138. The van der Waals surface area contributed by atoms with E-state index in [1.54, 1.807) is 30.0 Å². The Morgan fingerprint density at radius 3 is 2.35 bits per heavy atom. The van der Waals surface area contributed by atoms with Crippen LogP contribution in [0.25, 0.3) is 0 Å². The molecule has 0 radical (unpaired) electrons. The summed E-state index contributed by atoms with van der Waals surface area (Å²) in [6.45, 7) is 2.20. The average Bonchev–Trinajstić information content (AvgIpc) is 3.27. The van der Waals surface area contributed by atoms with Gasteiger partial charge in [0.2, 0.25) is 11.8 Å². The third kappa shape index (κ3) is 6.90. The van der Waals surface area contributed by atoms with E-state index in [-0.39, 0.29) is 23.6 Å². The van der Waals surface area contributed by atoms with Gasteiger partial charge in [0.05, 0.1) is 5.75 Å². The van der Waals surface area contributed by atoms with Gasteiger partial charge in [-0.1, -0.05) is 72.4 Å². The summed E-state index contributed by atoms with van der Waals surface area (Å²) < 4.78 is 0. The van der Waals surface area contributed by atoms with Crippen LogP contribution in [-0.4, -0.2) is 34.6 Å². The van der Waals surface area contributed by atoms with E-state index in [1.807, 2.05) is 30.3 Å². The first-order valence-electron chi connectivity index (χ1n) is 10.6. The van der Waals surface area contributed by atoms with Crippen molar-refractivity contribution in [2.75, 3.05) is 5.75 Å². The third-order valence-electron chi connectivity index (χ3n) is 5.60. The van der Waals surface area contributed by atoms with Gasteiger partial charge in [-0.3, -0.25) is 9.59 Å². The van der Waals surface area contributed by atoms with E-state index < -0.39 is 6.04 Å². The molecular formula is C24H28Cl2N2O2S. The van der Waals surface area contributed by atoms with Gasteiger partial charge in [0.1, 0.15) is 6.04 Å². The van der Waals surface area contributed by atoms with E-state index in [0.29, 0.717) is 22.3 Å². The number of hydrogen-bond acceptors (Lipinski definition) is 3. The summed E-state index contributed by atoms with van der Waals surface area (Å²) in [5.41, 5.74) is 1.82. The van der Waals surface area contributed by atoms with Crippen LogP contribution >= 0.6 is 35.0 Å². The molecule has 1 fully saturated rings. The highest BCUT2D eigenvalue weighted by Crippen LogP contribution is 2.28. The van der Waals surface area contributed by atoms with E-state index in [2.05, 4.69) is 5.32 Å². The zero-order chi connectivity index (χ0) is 22.2. The van der Waals surface area contributed by atoms with Crippen LogP contribution in [0.2, 0.25) is 10.0 Å². The molecule has 1 aliphatic carbocycles. The Bertz CT molecular complexity index is 868. The minimum absolute atomic E-state index is 0.0777. The molecule has 2 aromatic carbocycles. The summed E-state index contributed by atoms with van der Waals surface area (Å²) in [5, 5.41) is 4.31. The smallest absolute Gasteiger partial charge is 0.242 e. The molecular weight excluding hydrogens is 451 g/mol. The largest absolute Gasteiger partial charge is 0.352 e. The Hall–Kier alpha value is -1.69. The Balaban J connectivity index is 1.65. The summed E-state index contributed by atoms with van der Waals surface area (Å²) in [7, 11) is 0. The fourth-order valence-electron chi connectivity index (χ4n) is 3.75. The van der Waals surface area contributed by atoms with Gasteiger partial charge in [0.15, 0.2) is 0 Å². The van der Waals surface area contributed by atoms with Crippen molar-refractivity contribution in [1.82, 2.24) is 10.2 Å². The first-order chi connectivity index (χ1) is 15.0. The number of amides is 2. The first kappa shape index (κ1) is 24.0. The fourth-order valence-corrected chi connectivity index (χ4v) is 5.40. The zero-order valence-electron chi connectivity index (χ0n) is 17.7. The van der Waals surface area contributed by atoms with Crippen molar-refractivity contribution in [3.05, 3.63) is 69.7 Å². The summed E-state index contributed by atoms with van der Waals surface area (Å²) in [5.74, 6) is 0.614. The molecule has 0 spiro atoms. The normalized spacial score (nSPS) is 14.9. The van der Waals surface area contributed by atoms with Gasteiger partial charge in [-0.15, -0.1) is 11.8 Å². The van der Waals surface area contributed by atoms with Gasteiger partial charge in [-0.2, -0.15) is 0 Å². The number of nitrogens with one attached hydrogen (secondary N) is 1. The van der Waals surface area contributed by atoms with Crippen molar-refractivity contribution >= 4 is 46.8 Å². The van der Waals surface area contributed by atoms with Crippen LogP contribution in [0.5, 0.6) is 0 Å². The molecule has 2 amide bonds. The van der Waals surface area contributed by atoms with E-state index in [0.717, 1.165) is 36.8 Å². The Kier molecular flexibility index (Phi) is 9.12. The second kappa shape index (κ2) is 11.8. The average molecular weight is 479 g/mol. The molecule has 1 saturated carbocycles. The number of carbonyl (C=O) groups is 2. The SMILES string of the molecule is C[C@@H](C(=O)NC1CCCC1)N(Cc1ccccc1)C(=O)CSCc1c(Cl)cccc1Cl. The Labute approximate surface area is 198 Å². The maximum absolute atomic E-state index is 13.1. The molecule has 1 atom stereocenters. The van der Waals surface area contributed by atoms with Crippen molar-refractivity contribution < 1.29 is 9.59 Å². The highest BCUT2D eigenvalue weighted by molar-refractivity contribution is 7.99. The van der Waals surface area contributed by atoms with E-state index >= 15 is 0 Å². The summed E-state index contributed by atoms with van der Waals surface area (Å²) in [4.78, 5) is 27.7. The molecule has 2 aromatic rings. The topological polar surface area (TPSA) is 49.4 Å². The number of carbonyl (C=O) groups excluding carboxylic acids is 2. The van der Waals surface area contributed by atoms with Gasteiger partial charge in [-0.25, -0.2) is 0 Å². The van der Waals surface area contributed by atoms with Crippen LogP contribution in [0.3, 0.4) is 0 Å². The van der Waals surface area contributed by atoms with Crippen LogP contribution < -0.4 is 5.32 Å². The quantitative estimate of drug-likeness (QED) is 0.502. The maximum atomic E-state index is 13.1. The lowest BCUT2D eigenvalue weighted by Crippen LogP contribution is -2.50. The number of rotatable bonds is 9. The highest BCUT2D eigenvalue weighted by atomic mass is 35.5. The minimum atomic E-state index is -0.544. The van der Waals surface area contributed by atoms with E-state index in [4.69, 9.17) is 23.2 Å². The molecule has 0 bridgehead atoms. The molecule has 1 aliphatic rings. The van der Waals surface area contributed by atoms with Crippen molar-refractivity contribution in [3.63, 3.8) is 0 Å². The number of hydrogen-bond donors (Lipinski definition) is 1. The Morgan fingerprint density at radius 1 is 1.06 bits per heavy atom. The van der Waals surface area contributed by atoms with Gasteiger partial charge in [-0.05, 0) is 43.0 Å². The summed E-state index contributed by atoms with van der Waals surface area (Å²) in [6, 6.07) is 14.8.